The van der Waals surface area contributed by atoms with E-state index >= 15 is 0 Å². The highest BCUT2D eigenvalue weighted by molar-refractivity contribution is 5.78. The molecule has 0 aliphatic carbocycles. The standard InChI is InChI=1S/C15H26N4O3/c1-12-13(2)22-14(17-12)11-18-5-7-19(8-6-18)15(20)10-16-4-9-21-3/h16H,4-11H2,1-3H3. The second kappa shape index (κ2) is 8.26. The van der Waals surface area contributed by atoms with Crippen LogP contribution in [0.15, 0.2) is 4.42 Å². The summed E-state index contributed by atoms with van der Waals surface area (Å²) in [7, 11) is 1.65. The van der Waals surface area contributed by atoms with Gasteiger partial charge in [-0.25, -0.2) is 4.98 Å². The van der Waals surface area contributed by atoms with Gasteiger partial charge >= 0.3 is 0 Å². The molecule has 0 radical (unpaired) electrons. The highest BCUT2D eigenvalue weighted by Crippen LogP contribution is 2.12. The Morgan fingerprint density at radius 1 is 1.32 bits per heavy atom. The fourth-order valence-electron chi connectivity index (χ4n) is 2.43. The van der Waals surface area contributed by atoms with Gasteiger partial charge in [-0.3, -0.25) is 9.69 Å². The number of carbonyl (C=O) groups excluding carboxylic acids is 1. The molecule has 2 rings (SSSR count). The number of aromatic nitrogens is 1. The van der Waals surface area contributed by atoms with Crippen LogP contribution in [0, 0.1) is 13.8 Å². The molecule has 0 spiro atoms. The average Bonchev–Trinajstić information content (AvgIpc) is 2.82. The van der Waals surface area contributed by atoms with Crippen molar-refractivity contribution in [3.8, 4) is 0 Å². The first-order chi connectivity index (χ1) is 10.6. The van der Waals surface area contributed by atoms with E-state index in [1.165, 1.54) is 0 Å². The molecule has 1 fully saturated rings. The van der Waals surface area contributed by atoms with Crippen LogP contribution in [-0.4, -0.2) is 73.7 Å². The SMILES string of the molecule is COCCNCC(=O)N1CCN(Cc2nc(C)c(C)o2)CC1. The maximum Gasteiger partial charge on any atom is 0.236 e. The lowest BCUT2D eigenvalue weighted by molar-refractivity contribution is -0.132. The van der Waals surface area contributed by atoms with Crippen molar-refractivity contribution in [3.63, 3.8) is 0 Å². The molecule has 0 unspecified atom stereocenters. The van der Waals surface area contributed by atoms with E-state index in [9.17, 15) is 4.79 Å². The minimum atomic E-state index is 0.151. The maximum atomic E-state index is 12.0. The van der Waals surface area contributed by atoms with Gasteiger partial charge in [0.2, 0.25) is 11.8 Å². The Morgan fingerprint density at radius 2 is 2.05 bits per heavy atom. The molecule has 0 saturated carbocycles. The molecule has 124 valence electrons. The number of piperazine rings is 1. The third-order valence-electron chi connectivity index (χ3n) is 3.92. The van der Waals surface area contributed by atoms with Crippen LogP contribution in [0.25, 0.3) is 0 Å². The van der Waals surface area contributed by atoms with Crippen LogP contribution < -0.4 is 5.32 Å². The smallest absolute Gasteiger partial charge is 0.236 e. The summed E-state index contributed by atoms with van der Waals surface area (Å²) in [5, 5.41) is 3.09. The highest BCUT2D eigenvalue weighted by Gasteiger charge is 2.22. The number of methoxy groups -OCH3 is 1. The second-order valence-corrected chi connectivity index (χ2v) is 5.58. The van der Waals surface area contributed by atoms with Gasteiger partial charge in [0.1, 0.15) is 5.76 Å². The van der Waals surface area contributed by atoms with E-state index in [2.05, 4.69) is 15.2 Å². The predicted octanol–water partition coefficient (Wildman–Crippen LogP) is 0.172. The molecule has 2 heterocycles. The number of nitrogens with one attached hydrogen (secondary N) is 1. The number of nitrogens with zero attached hydrogens (tertiary/aromatic N) is 3. The van der Waals surface area contributed by atoms with Crippen LogP contribution >= 0.6 is 0 Å². The van der Waals surface area contributed by atoms with E-state index in [0.29, 0.717) is 26.2 Å². The molecule has 7 nitrogen and oxygen atoms in total. The molecule has 1 amide bonds. The molecule has 1 aromatic rings. The van der Waals surface area contributed by atoms with E-state index in [0.717, 1.165) is 43.5 Å². The summed E-state index contributed by atoms with van der Waals surface area (Å²) in [6.45, 7) is 9.50. The molecular formula is C15H26N4O3. The average molecular weight is 310 g/mol. The summed E-state index contributed by atoms with van der Waals surface area (Å²) >= 11 is 0. The summed E-state index contributed by atoms with van der Waals surface area (Å²) in [6, 6.07) is 0. The summed E-state index contributed by atoms with van der Waals surface area (Å²) in [6.07, 6.45) is 0. The van der Waals surface area contributed by atoms with Crippen molar-refractivity contribution in [2.24, 2.45) is 0 Å². The fraction of sp³-hybridized carbons (Fsp3) is 0.733. The van der Waals surface area contributed by atoms with Crippen molar-refractivity contribution in [2.75, 3.05) is 53.0 Å². The monoisotopic (exact) mass is 310 g/mol. The Hall–Kier alpha value is -1.44. The lowest BCUT2D eigenvalue weighted by Crippen LogP contribution is -2.50. The minimum Gasteiger partial charge on any atom is -0.444 e. The number of rotatable bonds is 7. The van der Waals surface area contributed by atoms with E-state index in [4.69, 9.17) is 9.15 Å². The molecule has 0 aromatic carbocycles. The van der Waals surface area contributed by atoms with Crippen molar-refractivity contribution in [3.05, 3.63) is 17.3 Å². The van der Waals surface area contributed by atoms with Gasteiger partial charge in [0.15, 0.2) is 0 Å². The topological polar surface area (TPSA) is 70.8 Å². The molecule has 22 heavy (non-hydrogen) atoms. The number of hydrogen-bond donors (Lipinski definition) is 1. The van der Waals surface area contributed by atoms with Gasteiger partial charge in [-0.15, -0.1) is 0 Å². The van der Waals surface area contributed by atoms with Crippen LogP contribution in [0.5, 0.6) is 0 Å². The van der Waals surface area contributed by atoms with Crippen LogP contribution in [0.1, 0.15) is 17.3 Å². The number of aryl methyl sites for hydroxylation is 2. The van der Waals surface area contributed by atoms with E-state index in [1.807, 2.05) is 18.7 Å². The van der Waals surface area contributed by atoms with Crippen LogP contribution in [-0.2, 0) is 16.1 Å². The van der Waals surface area contributed by atoms with Gasteiger partial charge in [0.25, 0.3) is 0 Å². The first-order valence-corrected chi connectivity index (χ1v) is 7.73. The molecule has 1 N–H and O–H groups in total. The van der Waals surface area contributed by atoms with Crippen LogP contribution in [0.2, 0.25) is 0 Å². The zero-order valence-corrected chi connectivity index (χ0v) is 13.7. The van der Waals surface area contributed by atoms with Gasteiger partial charge < -0.3 is 19.4 Å². The molecular weight excluding hydrogens is 284 g/mol. The van der Waals surface area contributed by atoms with Crippen molar-refractivity contribution < 1.29 is 13.9 Å². The Kier molecular flexibility index (Phi) is 6.35. The first kappa shape index (κ1) is 16.9. The lowest BCUT2D eigenvalue weighted by atomic mass is 10.3. The molecule has 0 atom stereocenters. The first-order valence-electron chi connectivity index (χ1n) is 7.73. The Morgan fingerprint density at radius 3 is 2.64 bits per heavy atom. The molecule has 0 bridgehead atoms. The predicted molar refractivity (Wildman–Crippen MR) is 82.6 cm³/mol. The third-order valence-corrected chi connectivity index (χ3v) is 3.92. The van der Waals surface area contributed by atoms with Gasteiger partial charge in [-0.05, 0) is 13.8 Å². The largest absolute Gasteiger partial charge is 0.444 e. The van der Waals surface area contributed by atoms with Gasteiger partial charge in [-0.1, -0.05) is 0 Å². The van der Waals surface area contributed by atoms with Crippen molar-refractivity contribution in [1.29, 1.82) is 0 Å². The number of carbonyl (C=O) groups is 1. The van der Waals surface area contributed by atoms with Crippen molar-refractivity contribution in [2.45, 2.75) is 20.4 Å². The lowest BCUT2D eigenvalue weighted by Gasteiger charge is -2.34. The van der Waals surface area contributed by atoms with E-state index in [-0.39, 0.29) is 5.91 Å². The van der Waals surface area contributed by atoms with Crippen LogP contribution in [0.4, 0.5) is 0 Å². The Bertz CT molecular complexity index is 462. The molecule has 1 aliphatic rings. The number of hydrogen-bond acceptors (Lipinski definition) is 6. The molecule has 7 heteroatoms. The zero-order valence-electron chi connectivity index (χ0n) is 13.7. The van der Waals surface area contributed by atoms with Gasteiger partial charge in [-0.2, -0.15) is 0 Å². The highest BCUT2D eigenvalue weighted by atomic mass is 16.5. The molecule has 1 aliphatic heterocycles. The fourth-order valence-corrected chi connectivity index (χ4v) is 2.43. The summed E-state index contributed by atoms with van der Waals surface area (Å²) in [4.78, 5) is 20.6. The summed E-state index contributed by atoms with van der Waals surface area (Å²) < 4.78 is 10.6. The van der Waals surface area contributed by atoms with E-state index < -0.39 is 0 Å². The number of ether oxygens (including phenoxy) is 1. The summed E-state index contributed by atoms with van der Waals surface area (Å²) in [5.74, 6) is 1.79. The van der Waals surface area contributed by atoms with Crippen molar-refractivity contribution >= 4 is 5.91 Å². The van der Waals surface area contributed by atoms with Crippen molar-refractivity contribution in [1.82, 2.24) is 20.1 Å². The van der Waals surface area contributed by atoms with Gasteiger partial charge in [0.05, 0.1) is 25.4 Å². The number of amides is 1. The third kappa shape index (κ3) is 4.79. The Balaban J connectivity index is 1.70. The van der Waals surface area contributed by atoms with E-state index in [1.54, 1.807) is 7.11 Å². The quantitative estimate of drug-likeness (QED) is 0.724. The normalized spacial score (nSPS) is 16.2. The maximum absolute atomic E-state index is 12.0. The second-order valence-electron chi connectivity index (χ2n) is 5.58. The summed E-state index contributed by atoms with van der Waals surface area (Å²) in [5.41, 5.74) is 0.950. The van der Waals surface area contributed by atoms with Gasteiger partial charge in [0, 0.05) is 39.8 Å². The van der Waals surface area contributed by atoms with Crippen LogP contribution in [0.3, 0.4) is 0 Å². The molecule has 1 saturated heterocycles. The number of oxazole rings is 1. The molecule has 1 aromatic heterocycles. The minimum absolute atomic E-state index is 0.151. The zero-order chi connectivity index (χ0) is 15.9. The Labute approximate surface area is 131 Å².